The predicted octanol–water partition coefficient (Wildman–Crippen LogP) is 2.64. The summed E-state index contributed by atoms with van der Waals surface area (Å²) in [6, 6.07) is 5.87. The molecule has 16 heavy (non-hydrogen) atoms. The fourth-order valence-corrected chi connectivity index (χ4v) is 2.37. The van der Waals surface area contributed by atoms with E-state index in [1.807, 2.05) is 18.2 Å². The van der Waals surface area contributed by atoms with Crippen molar-refractivity contribution in [3.63, 3.8) is 0 Å². The molecule has 1 fully saturated rings. The molecule has 2 nitrogen and oxygen atoms in total. The molecule has 1 unspecified atom stereocenters. The van der Waals surface area contributed by atoms with E-state index in [4.69, 9.17) is 16.3 Å². The SMILES string of the molecule is Clc1ccc2c(c1)CC(CNCC1CC1)O2. The van der Waals surface area contributed by atoms with Crippen LogP contribution in [-0.4, -0.2) is 19.2 Å². The van der Waals surface area contributed by atoms with Crippen LogP contribution >= 0.6 is 11.6 Å². The van der Waals surface area contributed by atoms with Crippen LogP contribution in [0.3, 0.4) is 0 Å². The summed E-state index contributed by atoms with van der Waals surface area (Å²) >= 11 is 5.95. The van der Waals surface area contributed by atoms with Crippen molar-refractivity contribution in [1.82, 2.24) is 5.32 Å². The van der Waals surface area contributed by atoms with Crippen LogP contribution in [0.15, 0.2) is 18.2 Å². The molecular formula is C13H16ClNO. The highest BCUT2D eigenvalue weighted by Gasteiger charge is 2.24. The molecule has 1 aromatic carbocycles. The summed E-state index contributed by atoms with van der Waals surface area (Å²) in [7, 11) is 0. The van der Waals surface area contributed by atoms with Crippen LogP contribution in [0.1, 0.15) is 18.4 Å². The number of hydrogen-bond acceptors (Lipinski definition) is 2. The molecule has 1 aromatic rings. The van der Waals surface area contributed by atoms with Crippen LogP contribution in [0.4, 0.5) is 0 Å². The van der Waals surface area contributed by atoms with Gasteiger partial charge in [0.15, 0.2) is 0 Å². The van der Waals surface area contributed by atoms with Crippen LogP contribution in [0.5, 0.6) is 5.75 Å². The molecule has 0 spiro atoms. The van der Waals surface area contributed by atoms with E-state index in [-0.39, 0.29) is 6.10 Å². The Morgan fingerprint density at radius 3 is 3.00 bits per heavy atom. The number of halogens is 1. The molecule has 0 radical (unpaired) electrons. The van der Waals surface area contributed by atoms with E-state index in [9.17, 15) is 0 Å². The third kappa shape index (κ3) is 2.33. The van der Waals surface area contributed by atoms with Gasteiger partial charge in [-0.2, -0.15) is 0 Å². The Hall–Kier alpha value is -0.730. The molecule has 1 N–H and O–H groups in total. The van der Waals surface area contributed by atoms with Crippen molar-refractivity contribution in [2.75, 3.05) is 13.1 Å². The molecule has 1 aliphatic carbocycles. The van der Waals surface area contributed by atoms with E-state index in [1.165, 1.54) is 18.4 Å². The minimum Gasteiger partial charge on any atom is -0.488 e. The van der Waals surface area contributed by atoms with Gasteiger partial charge in [-0.25, -0.2) is 0 Å². The van der Waals surface area contributed by atoms with Crippen LogP contribution in [0.2, 0.25) is 5.02 Å². The summed E-state index contributed by atoms with van der Waals surface area (Å²) in [6.45, 7) is 2.10. The Kier molecular flexibility index (Phi) is 2.78. The first-order chi connectivity index (χ1) is 7.81. The largest absolute Gasteiger partial charge is 0.488 e. The summed E-state index contributed by atoms with van der Waals surface area (Å²) in [5, 5.41) is 4.28. The van der Waals surface area contributed by atoms with E-state index in [1.54, 1.807) is 0 Å². The van der Waals surface area contributed by atoms with E-state index < -0.39 is 0 Å². The summed E-state index contributed by atoms with van der Waals surface area (Å²) in [6.07, 6.45) is 4.06. The smallest absolute Gasteiger partial charge is 0.123 e. The fourth-order valence-electron chi connectivity index (χ4n) is 2.17. The number of nitrogens with one attached hydrogen (secondary N) is 1. The Labute approximate surface area is 101 Å². The number of benzene rings is 1. The van der Waals surface area contributed by atoms with Crippen molar-refractivity contribution in [3.05, 3.63) is 28.8 Å². The van der Waals surface area contributed by atoms with Gasteiger partial charge in [0, 0.05) is 18.0 Å². The van der Waals surface area contributed by atoms with Crippen molar-refractivity contribution in [2.45, 2.75) is 25.4 Å². The first-order valence-electron chi connectivity index (χ1n) is 5.97. The summed E-state index contributed by atoms with van der Waals surface area (Å²) < 4.78 is 5.84. The first-order valence-corrected chi connectivity index (χ1v) is 6.35. The van der Waals surface area contributed by atoms with Crippen molar-refractivity contribution < 1.29 is 4.74 Å². The average molecular weight is 238 g/mol. The van der Waals surface area contributed by atoms with Gasteiger partial charge in [0.25, 0.3) is 0 Å². The maximum atomic E-state index is 5.95. The molecule has 1 saturated carbocycles. The molecule has 1 aliphatic heterocycles. The quantitative estimate of drug-likeness (QED) is 0.870. The van der Waals surface area contributed by atoms with Gasteiger partial charge in [-0.05, 0) is 49.1 Å². The number of fused-ring (bicyclic) bond motifs is 1. The molecule has 0 saturated heterocycles. The molecule has 1 atom stereocenters. The van der Waals surface area contributed by atoms with Gasteiger partial charge in [-0.15, -0.1) is 0 Å². The lowest BCUT2D eigenvalue weighted by molar-refractivity contribution is 0.227. The lowest BCUT2D eigenvalue weighted by atomic mass is 10.1. The predicted molar refractivity (Wildman–Crippen MR) is 65.2 cm³/mol. The molecular weight excluding hydrogens is 222 g/mol. The van der Waals surface area contributed by atoms with Crippen LogP contribution in [0.25, 0.3) is 0 Å². The van der Waals surface area contributed by atoms with Gasteiger partial charge >= 0.3 is 0 Å². The van der Waals surface area contributed by atoms with Gasteiger partial charge < -0.3 is 10.1 Å². The monoisotopic (exact) mass is 237 g/mol. The standard InChI is InChI=1S/C13H16ClNO/c14-11-3-4-13-10(5-11)6-12(16-13)8-15-7-9-1-2-9/h3-5,9,12,15H,1-2,6-8H2. The Morgan fingerprint density at radius 2 is 2.19 bits per heavy atom. The first kappa shape index (κ1) is 10.4. The second kappa shape index (κ2) is 4.27. The summed E-state index contributed by atoms with van der Waals surface area (Å²) in [5.74, 6) is 1.93. The number of hydrogen-bond donors (Lipinski definition) is 1. The van der Waals surface area contributed by atoms with Crippen molar-refractivity contribution in [1.29, 1.82) is 0 Å². The van der Waals surface area contributed by atoms with Gasteiger partial charge in [-0.1, -0.05) is 11.6 Å². The second-order valence-electron chi connectivity index (χ2n) is 4.80. The Balaban J connectivity index is 1.53. The Bertz CT molecular complexity index is 390. The van der Waals surface area contributed by atoms with E-state index >= 15 is 0 Å². The second-order valence-corrected chi connectivity index (χ2v) is 5.23. The van der Waals surface area contributed by atoms with E-state index in [0.717, 1.165) is 36.2 Å². The zero-order chi connectivity index (χ0) is 11.0. The minimum atomic E-state index is 0.284. The maximum absolute atomic E-state index is 5.95. The molecule has 1 heterocycles. The highest BCUT2D eigenvalue weighted by molar-refractivity contribution is 6.30. The summed E-state index contributed by atoms with van der Waals surface area (Å²) in [4.78, 5) is 0. The third-order valence-electron chi connectivity index (χ3n) is 3.27. The maximum Gasteiger partial charge on any atom is 0.123 e. The fraction of sp³-hybridized carbons (Fsp3) is 0.538. The third-order valence-corrected chi connectivity index (χ3v) is 3.50. The molecule has 3 heteroatoms. The van der Waals surface area contributed by atoms with Gasteiger partial charge in [0.05, 0.1) is 0 Å². The lowest BCUT2D eigenvalue weighted by Crippen LogP contribution is -2.31. The lowest BCUT2D eigenvalue weighted by Gasteiger charge is -2.11. The van der Waals surface area contributed by atoms with E-state index in [0.29, 0.717) is 0 Å². The van der Waals surface area contributed by atoms with Gasteiger partial charge in [0.1, 0.15) is 11.9 Å². The highest BCUT2D eigenvalue weighted by Crippen LogP contribution is 2.31. The molecule has 3 rings (SSSR count). The average Bonchev–Trinajstić information content (AvgIpc) is 2.98. The minimum absolute atomic E-state index is 0.284. The zero-order valence-electron chi connectivity index (χ0n) is 9.21. The normalized spacial score (nSPS) is 22.9. The van der Waals surface area contributed by atoms with Gasteiger partial charge in [0.2, 0.25) is 0 Å². The number of rotatable bonds is 4. The topological polar surface area (TPSA) is 21.3 Å². The molecule has 86 valence electrons. The van der Waals surface area contributed by atoms with Gasteiger partial charge in [-0.3, -0.25) is 0 Å². The Morgan fingerprint density at radius 1 is 1.31 bits per heavy atom. The molecule has 0 amide bonds. The molecule has 2 aliphatic rings. The number of ether oxygens (including phenoxy) is 1. The van der Waals surface area contributed by atoms with Crippen LogP contribution < -0.4 is 10.1 Å². The van der Waals surface area contributed by atoms with Crippen LogP contribution in [-0.2, 0) is 6.42 Å². The van der Waals surface area contributed by atoms with Crippen molar-refractivity contribution in [3.8, 4) is 5.75 Å². The van der Waals surface area contributed by atoms with E-state index in [2.05, 4.69) is 5.32 Å². The zero-order valence-corrected chi connectivity index (χ0v) is 9.96. The highest BCUT2D eigenvalue weighted by atomic mass is 35.5. The van der Waals surface area contributed by atoms with Crippen LogP contribution in [0, 0.1) is 5.92 Å². The van der Waals surface area contributed by atoms with Crippen molar-refractivity contribution in [2.24, 2.45) is 5.92 Å². The van der Waals surface area contributed by atoms with Crippen molar-refractivity contribution >= 4 is 11.6 Å². The molecule has 0 aromatic heterocycles. The summed E-state index contributed by atoms with van der Waals surface area (Å²) in [5.41, 5.74) is 1.24. The molecule has 0 bridgehead atoms.